The Hall–Kier alpha value is -0.357. The first kappa shape index (κ1) is 23.7. The summed E-state index contributed by atoms with van der Waals surface area (Å²) in [5.41, 5.74) is 8.83. The Morgan fingerprint density at radius 3 is 1.96 bits per heavy atom. The standard InChI is InChI=1S/C13H15.C10H15.2ClH.Zr/c1-2-3-6-11-9-12-7-4-5-8-13(12)10-11;1-6-7(2)9(4)10(5)8(6)3;;;/h4-5,7-10H,2-3,6H2,1H3;1-5H3;2*1H;/q2*-1;;;+4/p-2. The van der Waals surface area contributed by atoms with Crippen LogP contribution >= 0.6 is 17.0 Å². The molecule has 0 fully saturated rings. The molecule has 3 aromatic carbocycles. The van der Waals surface area contributed by atoms with E-state index in [0.717, 1.165) is 0 Å². The Morgan fingerprint density at radius 2 is 1.54 bits per heavy atom. The van der Waals surface area contributed by atoms with Gasteiger partial charge in [0, 0.05) is 0 Å². The van der Waals surface area contributed by atoms with E-state index in [1.165, 1.54) is 63.4 Å². The van der Waals surface area contributed by atoms with Crippen molar-refractivity contribution in [2.75, 3.05) is 0 Å². The molecule has 140 valence electrons. The summed E-state index contributed by atoms with van der Waals surface area (Å²) in [7, 11) is 9.87. The molecule has 0 unspecified atom stereocenters. The summed E-state index contributed by atoms with van der Waals surface area (Å²) in [4.78, 5) is 0. The molecule has 0 atom stereocenters. The molecule has 0 nitrogen and oxygen atoms in total. The van der Waals surface area contributed by atoms with Gasteiger partial charge >= 0.3 is 37.9 Å². The normalized spacial score (nSPS) is 9.85. The number of aryl methyl sites for hydroxylation is 1. The van der Waals surface area contributed by atoms with Crippen LogP contribution in [-0.4, -0.2) is 0 Å². The average molecular weight is 469 g/mol. The number of unbranched alkanes of at least 4 members (excludes halogenated alkanes) is 1. The Morgan fingerprint density at radius 1 is 1.00 bits per heavy atom. The summed E-state index contributed by atoms with van der Waals surface area (Å²) in [5, 5.41) is 2.77. The van der Waals surface area contributed by atoms with Crippen LogP contribution in [0.15, 0.2) is 36.4 Å². The zero-order valence-electron chi connectivity index (χ0n) is 16.8. The van der Waals surface area contributed by atoms with Gasteiger partial charge in [0.05, 0.1) is 0 Å². The number of halogens is 2. The van der Waals surface area contributed by atoms with E-state index in [1.807, 2.05) is 0 Å². The van der Waals surface area contributed by atoms with Crippen molar-refractivity contribution in [3.05, 3.63) is 69.8 Å². The molecule has 0 N–H and O–H groups in total. The predicted molar refractivity (Wildman–Crippen MR) is 116 cm³/mol. The minimum absolute atomic E-state index is 0.826. The van der Waals surface area contributed by atoms with Gasteiger partial charge in [0.25, 0.3) is 0 Å². The van der Waals surface area contributed by atoms with E-state index in [0.29, 0.717) is 0 Å². The van der Waals surface area contributed by atoms with Crippen molar-refractivity contribution >= 4 is 27.8 Å². The molecule has 0 aliphatic carbocycles. The number of rotatable bonds is 3. The maximum atomic E-state index is 4.93. The van der Waals surface area contributed by atoms with Gasteiger partial charge in [-0.3, -0.25) is 0 Å². The molecule has 0 saturated carbocycles. The number of benzene rings is 1. The number of fused-ring (bicyclic) bond motifs is 1. The van der Waals surface area contributed by atoms with Crippen LogP contribution in [0.1, 0.15) is 53.1 Å². The van der Waals surface area contributed by atoms with Crippen LogP contribution in [0.4, 0.5) is 0 Å². The van der Waals surface area contributed by atoms with E-state index in [9.17, 15) is 0 Å². The maximum absolute atomic E-state index is 4.93. The fourth-order valence-corrected chi connectivity index (χ4v) is 3.15. The first-order valence-electron chi connectivity index (χ1n) is 9.17. The van der Waals surface area contributed by atoms with Gasteiger partial charge < -0.3 is 0 Å². The fourth-order valence-electron chi connectivity index (χ4n) is 3.15. The third kappa shape index (κ3) is 6.67. The Bertz CT molecular complexity index is 683. The van der Waals surface area contributed by atoms with Gasteiger partial charge in [-0.1, -0.05) is 60.5 Å². The molecule has 0 aliphatic heterocycles. The minimum atomic E-state index is -0.826. The second kappa shape index (κ2) is 12.2. The first-order chi connectivity index (χ1) is 12.4. The monoisotopic (exact) mass is 466 g/mol. The Balaban J connectivity index is 0.000000233. The van der Waals surface area contributed by atoms with Gasteiger partial charge in [0.2, 0.25) is 0 Å². The van der Waals surface area contributed by atoms with Crippen molar-refractivity contribution in [3.8, 4) is 0 Å². The van der Waals surface area contributed by atoms with Crippen molar-refractivity contribution in [3.63, 3.8) is 0 Å². The average Bonchev–Trinajstić information content (AvgIpc) is 3.13. The molecule has 0 amide bonds. The Kier molecular flexibility index (Phi) is 11.1. The molecular formula is C23H30Cl2Zr. The van der Waals surface area contributed by atoms with Crippen molar-refractivity contribution in [1.29, 1.82) is 0 Å². The SMILES string of the molecule is CCCCc1cc2ccccc2[cH-]1.Cc1c(C)c(C)[c-](C)c1C.[Cl][Zr+2][Cl]. The van der Waals surface area contributed by atoms with E-state index in [2.05, 4.69) is 77.9 Å². The summed E-state index contributed by atoms with van der Waals surface area (Å²) >= 11 is -0.826. The van der Waals surface area contributed by atoms with Gasteiger partial charge in [-0.05, 0) is 6.42 Å². The molecular weight excluding hydrogens is 438 g/mol. The zero-order valence-corrected chi connectivity index (χ0v) is 20.8. The van der Waals surface area contributed by atoms with Crippen LogP contribution in [0, 0.1) is 34.6 Å². The molecule has 3 heteroatoms. The van der Waals surface area contributed by atoms with E-state index in [-0.39, 0.29) is 0 Å². The molecule has 3 aromatic rings. The van der Waals surface area contributed by atoms with E-state index in [1.54, 1.807) is 0 Å². The zero-order chi connectivity index (χ0) is 19.7. The second-order valence-corrected chi connectivity index (χ2v) is 10.5. The molecule has 0 radical (unpaired) electrons. The van der Waals surface area contributed by atoms with Crippen molar-refractivity contribution in [2.24, 2.45) is 0 Å². The molecule has 0 aromatic heterocycles. The van der Waals surface area contributed by atoms with E-state index < -0.39 is 20.8 Å². The molecule has 0 heterocycles. The first-order valence-corrected chi connectivity index (χ1v) is 15.5. The third-order valence-corrected chi connectivity index (χ3v) is 5.31. The Labute approximate surface area is 178 Å². The van der Waals surface area contributed by atoms with Gasteiger partial charge in [0.15, 0.2) is 0 Å². The van der Waals surface area contributed by atoms with Crippen LogP contribution in [0.2, 0.25) is 0 Å². The summed E-state index contributed by atoms with van der Waals surface area (Å²) < 4.78 is 0. The second-order valence-electron chi connectivity index (χ2n) is 6.79. The summed E-state index contributed by atoms with van der Waals surface area (Å²) in [6.45, 7) is 13.2. The third-order valence-electron chi connectivity index (χ3n) is 5.31. The van der Waals surface area contributed by atoms with Crippen molar-refractivity contribution in [1.82, 2.24) is 0 Å². The van der Waals surface area contributed by atoms with Gasteiger partial charge in [-0.15, -0.1) is 40.6 Å². The van der Waals surface area contributed by atoms with Crippen LogP contribution < -0.4 is 0 Å². The van der Waals surface area contributed by atoms with E-state index in [4.69, 9.17) is 17.0 Å². The number of hydrogen-bond acceptors (Lipinski definition) is 0. The summed E-state index contributed by atoms with van der Waals surface area (Å²) in [6.07, 6.45) is 3.81. The van der Waals surface area contributed by atoms with Crippen LogP contribution in [0.5, 0.6) is 0 Å². The fraction of sp³-hybridized carbons (Fsp3) is 0.391. The van der Waals surface area contributed by atoms with Crippen molar-refractivity contribution < 1.29 is 20.8 Å². The summed E-state index contributed by atoms with van der Waals surface area (Å²) in [6, 6.07) is 13.2. The molecule has 3 rings (SSSR count). The van der Waals surface area contributed by atoms with Crippen LogP contribution in [0.3, 0.4) is 0 Å². The quantitative estimate of drug-likeness (QED) is 0.340. The van der Waals surface area contributed by atoms with Crippen LogP contribution in [0.25, 0.3) is 10.8 Å². The van der Waals surface area contributed by atoms with Gasteiger partial charge in [0.1, 0.15) is 0 Å². The van der Waals surface area contributed by atoms with Crippen molar-refractivity contribution in [2.45, 2.75) is 60.8 Å². The number of hydrogen-bond donors (Lipinski definition) is 0. The molecule has 26 heavy (non-hydrogen) atoms. The van der Waals surface area contributed by atoms with Gasteiger partial charge in [-0.25, -0.2) is 0 Å². The molecule has 0 saturated heterocycles. The predicted octanol–water partition coefficient (Wildman–Crippen LogP) is 8.23. The van der Waals surface area contributed by atoms with Gasteiger partial charge in [-0.2, -0.15) is 33.9 Å². The van der Waals surface area contributed by atoms with Crippen LogP contribution in [-0.2, 0) is 27.3 Å². The molecule has 0 bridgehead atoms. The summed E-state index contributed by atoms with van der Waals surface area (Å²) in [5.74, 6) is 0. The topological polar surface area (TPSA) is 0 Å². The molecule has 0 aliphatic rings. The van der Waals surface area contributed by atoms with E-state index >= 15 is 0 Å². The molecule has 0 spiro atoms.